The van der Waals surface area contributed by atoms with Crippen LogP contribution in [0.5, 0.6) is 0 Å². The Morgan fingerprint density at radius 2 is 2.09 bits per heavy atom. The monoisotopic (exact) mass is 257 g/mol. The quantitative estimate of drug-likeness (QED) is 0.510. The minimum atomic E-state index is 1.02. The molecule has 1 aromatic rings. The van der Waals surface area contributed by atoms with Crippen LogP contribution < -0.4 is 0 Å². The molecule has 1 nitrogen and oxygen atoms in total. The summed E-state index contributed by atoms with van der Waals surface area (Å²) in [5, 5.41) is 0. The Balaban J connectivity index is 2.46. The summed E-state index contributed by atoms with van der Waals surface area (Å²) in [5.41, 5.74) is 2.75. The predicted octanol–water partition coefficient (Wildman–Crippen LogP) is 2.82. The van der Waals surface area contributed by atoms with Crippen molar-refractivity contribution >= 4 is 28.9 Å². The smallest absolute Gasteiger partial charge is 0.0589 e. The normalized spacial score (nSPS) is 14.8. The summed E-state index contributed by atoms with van der Waals surface area (Å²) in [5.74, 6) is 0. The molecule has 0 spiro atoms. The van der Waals surface area contributed by atoms with Crippen molar-refractivity contribution < 1.29 is 0 Å². The van der Waals surface area contributed by atoms with Gasteiger partial charge in [0.25, 0.3) is 0 Å². The van der Waals surface area contributed by atoms with E-state index in [4.69, 9.17) is 0 Å². The lowest BCUT2D eigenvalue weighted by atomic mass is 10.1. The number of benzene rings is 1. The second kappa shape index (κ2) is 2.85. The van der Waals surface area contributed by atoms with Crippen LogP contribution in [0, 0.1) is 0 Å². The highest BCUT2D eigenvalue weighted by molar-refractivity contribution is 14.1. The number of rotatable bonds is 0. The van der Waals surface area contributed by atoms with Gasteiger partial charge in [0.15, 0.2) is 0 Å². The number of hydrogen-bond donors (Lipinski definition) is 0. The third kappa shape index (κ3) is 1.40. The van der Waals surface area contributed by atoms with Gasteiger partial charge < -0.3 is 3.11 Å². The molecular formula is C9H8IN. The summed E-state index contributed by atoms with van der Waals surface area (Å²) in [4.78, 5) is 0. The molecule has 0 atom stereocenters. The molecule has 0 amide bonds. The molecule has 1 heterocycles. The van der Waals surface area contributed by atoms with Crippen molar-refractivity contribution in [2.75, 3.05) is 0 Å². The first-order chi connectivity index (χ1) is 5.36. The van der Waals surface area contributed by atoms with E-state index in [-0.39, 0.29) is 0 Å². The average molecular weight is 257 g/mol. The summed E-state index contributed by atoms with van der Waals surface area (Å²) in [6, 6.07) is 8.48. The largest absolute Gasteiger partial charge is 0.317 e. The Bertz CT molecular complexity index is 293. The fourth-order valence-corrected chi connectivity index (χ4v) is 1.75. The van der Waals surface area contributed by atoms with Crippen molar-refractivity contribution in [3.63, 3.8) is 0 Å². The average Bonchev–Trinajstić information content (AvgIpc) is 2.04. The van der Waals surface area contributed by atoms with Gasteiger partial charge in [-0.15, -0.1) is 0 Å². The zero-order chi connectivity index (χ0) is 7.68. The van der Waals surface area contributed by atoms with Crippen LogP contribution >= 0.6 is 22.9 Å². The first-order valence-electron chi connectivity index (χ1n) is 3.55. The van der Waals surface area contributed by atoms with Crippen LogP contribution in [0.25, 0.3) is 6.08 Å². The highest BCUT2D eigenvalue weighted by Crippen LogP contribution is 2.20. The van der Waals surface area contributed by atoms with Crippen molar-refractivity contribution in [3.8, 4) is 0 Å². The third-order valence-corrected chi connectivity index (χ3v) is 2.46. The van der Waals surface area contributed by atoms with E-state index in [9.17, 15) is 0 Å². The molecule has 2 heteroatoms. The highest BCUT2D eigenvalue weighted by atomic mass is 127. The molecule has 11 heavy (non-hydrogen) atoms. The first-order valence-corrected chi connectivity index (χ1v) is 4.51. The van der Waals surface area contributed by atoms with Crippen molar-refractivity contribution in [1.29, 1.82) is 0 Å². The second-order valence-corrected chi connectivity index (χ2v) is 3.81. The minimum absolute atomic E-state index is 1.02. The van der Waals surface area contributed by atoms with Gasteiger partial charge in [-0.1, -0.05) is 24.3 Å². The Hall–Kier alpha value is -0.510. The maximum absolute atomic E-state index is 2.30. The van der Waals surface area contributed by atoms with Gasteiger partial charge in [0.2, 0.25) is 0 Å². The van der Waals surface area contributed by atoms with E-state index in [2.05, 4.69) is 62.5 Å². The number of hydrogen-bond acceptors (Lipinski definition) is 1. The summed E-state index contributed by atoms with van der Waals surface area (Å²) in [6.45, 7) is 1.02. The lowest BCUT2D eigenvalue weighted by molar-refractivity contribution is 0.659. The number of nitrogens with zero attached hydrogens (tertiary/aromatic N) is 1. The third-order valence-electron chi connectivity index (χ3n) is 1.79. The Morgan fingerprint density at radius 1 is 1.27 bits per heavy atom. The summed E-state index contributed by atoms with van der Waals surface area (Å²) < 4.78 is 2.15. The summed E-state index contributed by atoms with van der Waals surface area (Å²) in [7, 11) is 0. The molecule has 1 aliphatic rings. The summed E-state index contributed by atoms with van der Waals surface area (Å²) in [6.07, 6.45) is 4.24. The van der Waals surface area contributed by atoms with Crippen LogP contribution in [-0.2, 0) is 6.54 Å². The fraction of sp³-hybridized carbons (Fsp3) is 0.111. The first kappa shape index (κ1) is 7.16. The zero-order valence-electron chi connectivity index (χ0n) is 6.00. The van der Waals surface area contributed by atoms with E-state index in [1.165, 1.54) is 11.1 Å². The molecule has 0 saturated heterocycles. The molecule has 0 aromatic heterocycles. The van der Waals surface area contributed by atoms with Crippen LogP contribution in [0.4, 0.5) is 0 Å². The molecule has 1 aliphatic heterocycles. The Labute approximate surface area is 80.2 Å². The highest BCUT2D eigenvalue weighted by Gasteiger charge is 2.05. The Kier molecular flexibility index (Phi) is 1.85. The van der Waals surface area contributed by atoms with E-state index in [1.54, 1.807) is 0 Å². The van der Waals surface area contributed by atoms with Crippen LogP contribution in [0.15, 0.2) is 30.5 Å². The molecule has 0 unspecified atom stereocenters. The van der Waals surface area contributed by atoms with Gasteiger partial charge in [0.1, 0.15) is 0 Å². The number of halogens is 1. The SMILES string of the molecule is IN1C=Cc2ccccc2C1. The van der Waals surface area contributed by atoms with E-state index in [1.807, 2.05) is 0 Å². The van der Waals surface area contributed by atoms with Crippen molar-refractivity contribution in [1.82, 2.24) is 3.11 Å². The molecule has 2 rings (SSSR count). The summed E-state index contributed by atoms with van der Waals surface area (Å²) >= 11 is 2.30. The molecule has 0 bridgehead atoms. The molecule has 0 saturated carbocycles. The van der Waals surface area contributed by atoms with Crippen LogP contribution in [-0.4, -0.2) is 3.11 Å². The molecule has 0 aliphatic carbocycles. The minimum Gasteiger partial charge on any atom is -0.317 e. The van der Waals surface area contributed by atoms with Gasteiger partial charge in [0.05, 0.1) is 29.4 Å². The zero-order valence-corrected chi connectivity index (χ0v) is 8.15. The van der Waals surface area contributed by atoms with E-state index in [0.29, 0.717) is 0 Å². The number of fused-ring (bicyclic) bond motifs is 1. The van der Waals surface area contributed by atoms with E-state index < -0.39 is 0 Å². The van der Waals surface area contributed by atoms with Gasteiger partial charge in [-0.3, -0.25) is 0 Å². The second-order valence-electron chi connectivity index (χ2n) is 2.57. The molecular weight excluding hydrogens is 249 g/mol. The van der Waals surface area contributed by atoms with Crippen molar-refractivity contribution in [3.05, 3.63) is 41.6 Å². The van der Waals surface area contributed by atoms with Gasteiger partial charge in [0, 0.05) is 6.20 Å². The van der Waals surface area contributed by atoms with Crippen LogP contribution in [0.3, 0.4) is 0 Å². The van der Waals surface area contributed by atoms with Gasteiger partial charge in [-0.05, 0) is 17.2 Å². The van der Waals surface area contributed by atoms with E-state index in [0.717, 1.165) is 6.54 Å². The lowest BCUT2D eigenvalue weighted by Crippen LogP contribution is -2.07. The Morgan fingerprint density at radius 3 is 3.00 bits per heavy atom. The van der Waals surface area contributed by atoms with Crippen molar-refractivity contribution in [2.24, 2.45) is 0 Å². The topological polar surface area (TPSA) is 3.24 Å². The fourth-order valence-electron chi connectivity index (χ4n) is 1.22. The molecule has 56 valence electrons. The maximum Gasteiger partial charge on any atom is 0.0589 e. The van der Waals surface area contributed by atoms with Crippen molar-refractivity contribution in [2.45, 2.75) is 6.54 Å². The maximum atomic E-state index is 2.30. The van der Waals surface area contributed by atoms with Gasteiger partial charge in [-0.25, -0.2) is 0 Å². The van der Waals surface area contributed by atoms with Crippen LogP contribution in [0.2, 0.25) is 0 Å². The van der Waals surface area contributed by atoms with E-state index >= 15 is 0 Å². The standard InChI is InChI=1S/C9H8IN/c10-11-6-5-8-3-1-2-4-9(8)7-11/h1-6H,7H2. The van der Waals surface area contributed by atoms with Gasteiger partial charge in [-0.2, -0.15) is 0 Å². The molecule has 0 N–H and O–H groups in total. The predicted molar refractivity (Wildman–Crippen MR) is 55.0 cm³/mol. The molecule has 0 radical (unpaired) electrons. The molecule has 1 aromatic carbocycles. The van der Waals surface area contributed by atoms with Gasteiger partial charge >= 0.3 is 0 Å². The molecule has 0 fully saturated rings. The van der Waals surface area contributed by atoms with Crippen LogP contribution in [0.1, 0.15) is 11.1 Å². The lowest BCUT2D eigenvalue weighted by Gasteiger charge is -2.17.